The topological polar surface area (TPSA) is 61.2 Å². The van der Waals surface area contributed by atoms with Gasteiger partial charge in [-0.3, -0.25) is 4.31 Å². The van der Waals surface area contributed by atoms with E-state index in [1.807, 2.05) is 0 Å². The lowest BCUT2D eigenvalue weighted by molar-refractivity contribution is 0.599. The molecular formula is C9H8Cl2N2O2S. The molecule has 0 amide bonds. The van der Waals surface area contributed by atoms with E-state index in [1.165, 1.54) is 18.2 Å². The number of nitrogens with zero attached hydrogens (tertiary/aromatic N) is 2. The number of halogens is 2. The Hall–Kier alpha value is -0.960. The number of nitriles is 1. The highest BCUT2D eigenvalue weighted by molar-refractivity contribution is 7.92. The minimum Gasteiger partial charge on any atom is -0.256 e. The molecule has 1 aromatic rings. The summed E-state index contributed by atoms with van der Waals surface area (Å²) in [4.78, 5) is 0. The quantitative estimate of drug-likeness (QED) is 0.797. The average molecular weight is 279 g/mol. The number of anilines is 1. The van der Waals surface area contributed by atoms with E-state index in [0.29, 0.717) is 10.7 Å². The van der Waals surface area contributed by atoms with Crippen LogP contribution in [0.1, 0.15) is 0 Å². The van der Waals surface area contributed by atoms with Crippen molar-refractivity contribution < 1.29 is 8.42 Å². The molecule has 0 aliphatic carbocycles. The van der Waals surface area contributed by atoms with E-state index in [2.05, 4.69) is 0 Å². The highest BCUT2D eigenvalue weighted by Crippen LogP contribution is 2.28. The number of benzene rings is 1. The summed E-state index contributed by atoms with van der Waals surface area (Å²) in [7, 11) is -3.50. The van der Waals surface area contributed by atoms with Crippen LogP contribution in [0.3, 0.4) is 0 Å². The molecule has 0 bridgehead atoms. The van der Waals surface area contributed by atoms with Crippen molar-refractivity contribution in [3.05, 3.63) is 28.2 Å². The lowest BCUT2D eigenvalue weighted by Gasteiger charge is -2.19. The van der Waals surface area contributed by atoms with Crippen molar-refractivity contribution in [3.8, 4) is 6.07 Å². The van der Waals surface area contributed by atoms with Crippen LogP contribution in [0.5, 0.6) is 0 Å². The van der Waals surface area contributed by atoms with Crippen molar-refractivity contribution in [1.29, 1.82) is 5.26 Å². The van der Waals surface area contributed by atoms with Gasteiger partial charge in [-0.1, -0.05) is 23.2 Å². The molecule has 0 saturated heterocycles. The Morgan fingerprint density at radius 3 is 2.44 bits per heavy atom. The predicted molar refractivity (Wildman–Crippen MR) is 64.3 cm³/mol. The molecule has 1 rings (SSSR count). The van der Waals surface area contributed by atoms with Crippen molar-refractivity contribution in [2.24, 2.45) is 0 Å². The first-order chi connectivity index (χ1) is 7.36. The zero-order chi connectivity index (χ0) is 12.3. The summed E-state index contributed by atoms with van der Waals surface area (Å²) in [5.74, 6) is 0. The van der Waals surface area contributed by atoms with Crippen LogP contribution < -0.4 is 4.31 Å². The van der Waals surface area contributed by atoms with Gasteiger partial charge in [-0.2, -0.15) is 5.26 Å². The highest BCUT2D eigenvalue weighted by atomic mass is 35.5. The summed E-state index contributed by atoms with van der Waals surface area (Å²) < 4.78 is 23.8. The van der Waals surface area contributed by atoms with Gasteiger partial charge in [0.05, 0.1) is 28.1 Å². The van der Waals surface area contributed by atoms with Crippen LogP contribution in [0.15, 0.2) is 18.2 Å². The molecule has 16 heavy (non-hydrogen) atoms. The lowest BCUT2D eigenvalue weighted by Crippen LogP contribution is -2.30. The van der Waals surface area contributed by atoms with Crippen LogP contribution in [-0.2, 0) is 10.0 Å². The summed E-state index contributed by atoms with van der Waals surface area (Å²) in [5, 5.41) is 9.14. The molecular weight excluding hydrogens is 271 g/mol. The molecule has 0 atom stereocenters. The van der Waals surface area contributed by atoms with Gasteiger partial charge in [0.1, 0.15) is 6.54 Å². The first kappa shape index (κ1) is 13.1. The molecule has 7 heteroatoms. The maximum Gasteiger partial charge on any atom is 0.233 e. The second-order valence-corrected chi connectivity index (χ2v) is 5.75. The zero-order valence-electron chi connectivity index (χ0n) is 8.31. The molecule has 0 aliphatic heterocycles. The fraction of sp³-hybridized carbons (Fsp3) is 0.222. The Morgan fingerprint density at radius 2 is 2.00 bits per heavy atom. The molecule has 0 saturated carbocycles. The van der Waals surface area contributed by atoms with Crippen LogP contribution in [-0.4, -0.2) is 21.2 Å². The van der Waals surface area contributed by atoms with E-state index < -0.39 is 10.0 Å². The van der Waals surface area contributed by atoms with Gasteiger partial charge in [-0.25, -0.2) is 8.42 Å². The SMILES string of the molecule is CS(=O)(=O)N(CC#N)c1ccc(Cl)c(Cl)c1. The van der Waals surface area contributed by atoms with Crippen LogP contribution >= 0.6 is 23.2 Å². The van der Waals surface area contributed by atoms with E-state index in [4.69, 9.17) is 28.5 Å². The number of hydrogen-bond donors (Lipinski definition) is 0. The second kappa shape index (κ2) is 4.91. The average Bonchev–Trinajstić information content (AvgIpc) is 2.17. The zero-order valence-corrected chi connectivity index (χ0v) is 10.6. The molecule has 0 fully saturated rings. The van der Waals surface area contributed by atoms with E-state index >= 15 is 0 Å². The van der Waals surface area contributed by atoms with Gasteiger partial charge in [-0.15, -0.1) is 0 Å². The fourth-order valence-electron chi connectivity index (χ4n) is 1.10. The normalized spacial score (nSPS) is 10.9. The molecule has 0 heterocycles. The summed E-state index contributed by atoms with van der Waals surface area (Å²) in [5.41, 5.74) is 0.318. The number of hydrogen-bond acceptors (Lipinski definition) is 3. The van der Waals surface area contributed by atoms with Gasteiger partial charge >= 0.3 is 0 Å². The summed E-state index contributed by atoms with van der Waals surface area (Å²) in [6.45, 7) is -0.267. The molecule has 0 unspecified atom stereocenters. The maximum absolute atomic E-state index is 11.4. The standard InChI is InChI=1S/C9H8Cl2N2O2S/c1-16(14,15)13(5-4-12)7-2-3-8(10)9(11)6-7/h2-3,6H,5H2,1H3. The van der Waals surface area contributed by atoms with E-state index in [0.717, 1.165) is 10.6 Å². The Bertz CT molecular complexity index is 537. The molecule has 0 spiro atoms. The first-order valence-electron chi connectivity index (χ1n) is 4.16. The fourth-order valence-corrected chi connectivity index (χ4v) is 2.19. The lowest BCUT2D eigenvalue weighted by atomic mass is 10.3. The van der Waals surface area contributed by atoms with Crippen LogP contribution in [0.2, 0.25) is 10.0 Å². The third-order valence-corrected chi connectivity index (χ3v) is 3.69. The van der Waals surface area contributed by atoms with Gasteiger partial charge in [0.15, 0.2) is 0 Å². The summed E-state index contributed by atoms with van der Waals surface area (Å²) in [6, 6.07) is 6.16. The Morgan fingerprint density at radius 1 is 1.38 bits per heavy atom. The third-order valence-electron chi connectivity index (χ3n) is 1.81. The van der Waals surface area contributed by atoms with E-state index in [-0.39, 0.29) is 11.6 Å². The Balaban J connectivity index is 3.23. The van der Waals surface area contributed by atoms with Crippen molar-refractivity contribution in [2.45, 2.75) is 0 Å². The van der Waals surface area contributed by atoms with Gasteiger partial charge < -0.3 is 0 Å². The second-order valence-electron chi connectivity index (χ2n) is 3.03. The molecule has 0 N–H and O–H groups in total. The van der Waals surface area contributed by atoms with E-state index in [1.54, 1.807) is 6.07 Å². The molecule has 1 aromatic carbocycles. The van der Waals surface area contributed by atoms with Crippen molar-refractivity contribution in [2.75, 3.05) is 17.1 Å². The van der Waals surface area contributed by atoms with Crippen molar-refractivity contribution in [1.82, 2.24) is 0 Å². The predicted octanol–water partition coefficient (Wildman–Crippen LogP) is 2.28. The van der Waals surface area contributed by atoms with Gasteiger partial charge in [0.25, 0.3) is 0 Å². The smallest absolute Gasteiger partial charge is 0.233 e. The molecule has 0 aromatic heterocycles. The Kier molecular flexibility index (Phi) is 4.03. The monoisotopic (exact) mass is 278 g/mol. The third kappa shape index (κ3) is 3.01. The largest absolute Gasteiger partial charge is 0.256 e. The van der Waals surface area contributed by atoms with Crippen LogP contribution in [0, 0.1) is 11.3 Å². The van der Waals surface area contributed by atoms with Gasteiger partial charge in [0, 0.05) is 0 Å². The molecule has 0 radical (unpaired) electrons. The molecule has 4 nitrogen and oxygen atoms in total. The van der Waals surface area contributed by atoms with Crippen molar-refractivity contribution >= 4 is 38.9 Å². The summed E-state index contributed by atoms with van der Waals surface area (Å²) >= 11 is 11.5. The first-order valence-corrected chi connectivity index (χ1v) is 6.76. The van der Waals surface area contributed by atoms with Crippen molar-refractivity contribution in [3.63, 3.8) is 0 Å². The minimum absolute atomic E-state index is 0.241. The summed E-state index contributed by atoms with van der Waals surface area (Å²) in [6.07, 6.45) is 1.02. The van der Waals surface area contributed by atoms with Gasteiger partial charge in [0.2, 0.25) is 10.0 Å². The minimum atomic E-state index is -3.50. The highest BCUT2D eigenvalue weighted by Gasteiger charge is 2.17. The molecule has 86 valence electrons. The van der Waals surface area contributed by atoms with Crippen LogP contribution in [0.4, 0.5) is 5.69 Å². The number of sulfonamides is 1. The van der Waals surface area contributed by atoms with Crippen LogP contribution in [0.25, 0.3) is 0 Å². The van der Waals surface area contributed by atoms with E-state index in [9.17, 15) is 8.42 Å². The Labute approximate surface area is 104 Å². The maximum atomic E-state index is 11.4. The van der Waals surface area contributed by atoms with Gasteiger partial charge in [-0.05, 0) is 18.2 Å². The number of rotatable bonds is 3. The molecule has 0 aliphatic rings.